The Morgan fingerprint density at radius 1 is 1.00 bits per heavy atom. The van der Waals surface area contributed by atoms with Gasteiger partial charge in [0, 0.05) is 25.2 Å². The average molecular weight is 395 g/mol. The molecule has 158 valence electrons. The Hall–Kier alpha value is -2.31. The predicted octanol–water partition coefficient (Wildman–Crippen LogP) is 4.33. The summed E-state index contributed by atoms with van der Waals surface area (Å²) in [5.41, 5.74) is 0. The van der Waals surface area contributed by atoms with Crippen molar-refractivity contribution in [1.29, 1.82) is 0 Å². The van der Waals surface area contributed by atoms with Crippen molar-refractivity contribution < 1.29 is 28.6 Å². The zero-order valence-corrected chi connectivity index (χ0v) is 17.2. The van der Waals surface area contributed by atoms with Crippen LogP contribution in [-0.2, 0) is 23.8 Å². The molecule has 0 spiro atoms. The van der Waals surface area contributed by atoms with E-state index in [0.717, 1.165) is 32.1 Å². The SMILES string of the molecule is CCCCC(=O)OCC(COC(=O)CCCC)OC(=O)N1C=CCC(C)C=C1. The van der Waals surface area contributed by atoms with Gasteiger partial charge in [-0.2, -0.15) is 0 Å². The maximum atomic E-state index is 12.4. The number of hydrogen-bond acceptors (Lipinski definition) is 6. The Kier molecular flexibility index (Phi) is 11.7. The molecule has 1 aliphatic rings. The van der Waals surface area contributed by atoms with Crippen molar-refractivity contribution in [3.63, 3.8) is 0 Å². The van der Waals surface area contributed by atoms with E-state index in [1.165, 1.54) is 4.90 Å². The highest BCUT2D eigenvalue weighted by molar-refractivity contribution is 5.71. The van der Waals surface area contributed by atoms with Crippen molar-refractivity contribution in [2.24, 2.45) is 5.92 Å². The number of unbranched alkanes of at least 4 members (excludes halogenated alkanes) is 2. The minimum Gasteiger partial charge on any atom is -0.462 e. The summed E-state index contributed by atoms with van der Waals surface area (Å²) in [6, 6.07) is 0. The minimum absolute atomic E-state index is 0.146. The van der Waals surface area contributed by atoms with Crippen molar-refractivity contribution in [3.8, 4) is 0 Å². The maximum Gasteiger partial charge on any atom is 0.418 e. The fourth-order valence-corrected chi connectivity index (χ4v) is 2.36. The Bertz CT molecular complexity index is 533. The summed E-state index contributed by atoms with van der Waals surface area (Å²) in [4.78, 5) is 37.3. The fraction of sp³-hybridized carbons (Fsp3) is 0.667. The number of allylic oxidation sites excluding steroid dienone is 2. The predicted molar refractivity (Wildman–Crippen MR) is 105 cm³/mol. The van der Waals surface area contributed by atoms with E-state index in [1.807, 2.05) is 32.9 Å². The first-order valence-corrected chi connectivity index (χ1v) is 10.1. The summed E-state index contributed by atoms with van der Waals surface area (Å²) < 4.78 is 15.8. The molecule has 0 fully saturated rings. The van der Waals surface area contributed by atoms with Gasteiger partial charge in [-0.1, -0.05) is 45.8 Å². The number of carbonyl (C=O) groups is 3. The fourth-order valence-electron chi connectivity index (χ4n) is 2.36. The van der Waals surface area contributed by atoms with E-state index in [0.29, 0.717) is 18.8 Å². The monoisotopic (exact) mass is 395 g/mol. The summed E-state index contributed by atoms with van der Waals surface area (Å²) in [5, 5.41) is 0. The number of esters is 2. The summed E-state index contributed by atoms with van der Waals surface area (Å²) in [6.45, 7) is 5.72. The number of nitrogens with zero attached hydrogens (tertiary/aromatic N) is 1. The molecule has 0 bridgehead atoms. The second-order valence-corrected chi connectivity index (χ2v) is 6.93. The van der Waals surface area contributed by atoms with E-state index in [-0.39, 0.29) is 25.2 Å². The lowest BCUT2D eigenvalue weighted by molar-refractivity contribution is -0.152. The molecule has 0 aromatic heterocycles. The van der Waals surface area contributed by atoms with Crippen molar-refractivity contribution in [2.45, 2.75) is 71.8 Å². The molecular formula is C21H33NO6. The Balaban J connectivity index is 2.62. The van der Waals surface area contributed by atoms with Gasteiger partial charge in [0.05, 0.1) is 0 Å². The topological polar surface area (TPSA) is 82.1 Å². The zero-order valence-electron chi connectivity index (χ0n) is 17.2. The molecule has 0 saturated carbocycles. The number of amides is 1. The molecule has 1 atom stereocenters. The van der Waals surface area contributed by atoms with Gasteiger partial charge in [0.2, 0.25) is 0 Å². The van der Waals surface area contributed by atoms with E-state index in [9.17, 15) is 14.4 Å². The molecule has 0 aliphatic carbocycles. The van der Waals surface area contributed by atoms with Gasteiger partial charge < -0.3 is 14.2 Å². The molecular weight excluding hydrogens is 362 g/mol. The second kappa shape index (κ2) is 13.8. The minimum atomic E-state index is -0.855. The average Bonchev–Trinajstić information content (AvgIpc) is 2.91. The van der Waals surface area contributed by atoms with Gasteiger partial charge in [-0.3, -0.25) is 14.5 Å². The largest absolute Gasteiger partial charge is 0.462 e. The van der Waals surface area contributed by atoms with Gasteiger partial charge in [-0.05, 0) is 25.2 Å². The highest BCUT2D eigenvalue weighted by Crippen LogP contribution is 2.13. The van der Waals surface area contributed by atoms with Crippen LogP contribution in [0.5, 0.6) is 0 Å². The molecule has 0 saturated heterocycles. The van der Waals surface area contributed by atoms with Crippen LogP contribution in [0, 0.1) is 5.92 Å². The summed E-state index contributed by atoms with van der Waals surface area (Å²) in [6.07, 6.45) is 10.3. The summed E-state index contributed by atoms with van der Waals surface area (Å²) >= 11 is 0. The third kappa shape index (κ3) is 10.1. The Morgan fingerprint density at radius 2 is 1.57 bits per heavy atom. The van der Waals surface area contributed by atoms with Gasteiger partial charge in [0.15, 0.2) is 6.10 Å². The van der Waals surface area contributed by atoms with Crippen LogP contribution in [0.3, 0.4) is 0 Å². The van der Waals surface area contributed by atoms with Crippen molar-refractivity contribution >= 4 is 18.0 Å². The number of carbonyl (C=O) groups excluding carboxylic acids is 3. The van der Waals surface area contributed by atoms with E-state index in [2.05, 4.69) is 0 Å². The van der Waals surface area contributed by atoms with Crippen LogP contribution in [0.15, 0.2) is 24.6 Å². The molecule has 0 aromatic rings. The molecule has 1 amide bonds. The van der Waals surface area contributed by atoms with Crippen LogP contribution in [-0.4, -0.2) is 42.2 Å². The quantitative estimate of drug-likeness (QED) is 0.383. The zero-order chi connectivity index (χ0) is 20.8. The van der Waals surface area contributed by atoms with Gasteiger partial charge in [-0.25, -0.2) is 4.79 Å². The Labute approximate surface area is 167 Å². The molecule has 0 N–H and O–H groups in total. The van der Waals surface area contributed by atoms with Crippen LogP contribution in [0.4, 0.5) is 4.79 Å². The van der Waals surface area contributed by atoms with E-state index < -0.39 is 12.2 Å². The van der Waals surface area contributed by atoms with Gasteiger partial charge >= 0.3 is 18.0 Å². The maximum absolute atomic E-state index is 12.4. The highest BCUT2D eigenvalue weighted by atomic mass is 16.6. The van der Waals surface area contributed by atoms with E-state index in [1.54, 1.807) is 12.4 Å². The van der Waals surface area contributed by atoms with Crippen LogP contribution in [0.25, 0.3) is 0 Å². The number of ether oxygens (including phenoxy) is 3. The molecule has 1 rings (SSSR count). The van der Waals surface area contributed by atoms with Crippen LogP contribution >= 0.6 is 0 Å². The summed E-state index contributed by atoms with van der Waals surface area (Å²) in [5.74, 6) is -0.393. The second-order valence-electron chi connectivity index (χ2n) is 6.93. The molecule has 7 nitrogen and oxygen atoms in total. The van der Waals surface area contributed by atoms with Crippen LogP contribution in [0.1, 0.15) is 65.7 Å². The smallest absolute Gasteiger partial charge is 0.418 e. The van der Waals surface area contributed by atoms with Gasteiger partial charge in [0.1, 0.15) is 13.2 Å². The first kappa shape index (κ1) is 23.7. The van der Waals surface area contributed by atoms with Crippen molar-refractivity contribution in [3.05, 3.63) is 24.6 Å². The normalized spacial score (nSPS) is 16.0. The molecule has 7 heteroatoms. The number of rotatable bonds is 11. The third-order valence-corrected chi connectivity index (χ3v) is 4.16. The standard InChI is InChI=1S/C21H33NO6/c1-4-6-10-19(23)26-15-18(16-27-20(24)11-7-5-2)28-21(25)22-13-8-9-17(3)12-14-22/h8,12-14,17-18H,4-7,9-11,15-16H2,1-3H3. The Morgan fingerprint density at radius 3 is 2.11 bits per heavy atom. The molecule has 1 heterocycles. The lowest BCUT2D eigenvalue weighted by Crippen LogP contribution is -2.34. The third-order valence-electron chi connectivity index (χ3n) is 4.16. The summed E-state index contributed by atoms with van der Waals surface area (Å²) in [7, 11) is 0. The van der Waals surface area contributed by atoms with Crippen molar-refractivity contribution in [1.82, 2.24) is 4.90 Å². The lowest BCUT2D eigenvalue weighted by Gasteiger charge is -2.21. The van der Waals surface area contributed by atoms with Gasteiger partial charge in [-0.15, -0.1) is 0 Å². The van der Waals surface area contributed by atoms with Crippen LogP contribution < -0.4 is 0 Å². The highest BCUT2D eigenvalue weighted by Gasteiger charge is 2.22. The molecule has 0 aromatic carbocycles. The van der Waals surface area contributed by atoms with Crippen molar-refractivity contribution in [2.75, 3.05) is 13.2 Å². The molecule has 1 unspecified atom stereocenters. The van der Waals surface area contributed by atoms with E-state index >= 15 is 0 Å². The lowest BCUT2D eigenvalue weighted by atomic mass is 10.1. The van der Waals surface area contributed by atoms with Crippen LogP contribution in [0.2, 0.25) is 0 Å². The van der Waals surface area contributed by atoms with Gasteiger partial charge in [0.25, 0.3) is 0 Å². The molecule has 28 heavy (non-hydrogen) atoms. The number of hydrogen-bond donors (Lipinski definition) is 0. The molecule has 1 aliphatic heterocycles. The first-order chi connectivity index (χ1) is 13.5. The van der Waals surface area contributed by atoms with E-state index in [4.69, 9.17) is 14.2 Å². The molecule has 0 radical (unpaired) electrons. The first-order valence-electron chi connectivity index (χ1n) is 10.1.